The molecule has 150 valence electrons. The third kappa shape index (κ3) is 6.37. The molecule has 6 heteroatoms. The third-order valence-electron chi connectivity index (χ3n) is 4.53. The van der Waals surface area contributed by atoms with Crippen LogP contribution in [0.2, 0.25) is 0 Å². The fraction of sp³-hybridized carbons (Fsp3) is 0.364. The van der Waals surface area contributed by atoms with E-state index in [4.69, 9.17) is 0 Å². The summed E-state index contributed by atoms with van der Waals surface area (Å²) < 4.78 is 13.0. The second-order valence-corrected chi connectivity index (χ2v) is 7.62. The minimum atomic E-state index is -0.557. The summed E-state index contributed by atoms with van der Waals surface area (Å²) in [6.07, 6.45) is 0. The Bertz CT molecular complexity index is 795. The van der Waals surface area contributed by atoms with Crippen LogP contribution in [0.3, 0.4) is 0 Å². The van der Waals surface area contributed by atoms with Crippen LogP contribution in [0.15, 0.2) is 48.5 Å². The number of carbonyl (C=O) groups is 2. The Morgan fingerprint density at radius 3 is 2.46 bits per heavy atom. The lowest BCUT2D eigenvalue weighted by atomic mass is 10.1. The Hall–Kier alpha value is -2.34. The lowest BCUT2D eigenvalue weighted by Gasteiger charge is -2.29. The van der Waals surface area contributed by atoms with Crippen LogP contribution in [-0.4, -0.2) is 35.1 Å². The van der Waals surface area contributed by atoms with Crippen LogP contribution in [-0.2, 0) is 21.9 Å². The van der Waals surface area contributed by atoms with Crippen molar-refractivity contribution in [3.63, 3.8) is 0 Å². The van der Waals surface area contributed by atoms with Gasteiger partial charge in [0.05, 0.1) is 5.75 Å². The number of thioether (sulfide) groups is 1. The first-order valence-corrected chi connectivity index (χ1v) is 10.5. The van der Waals surface area contributed by atoms with E-state index in [9.17, 15) is 14.0 Å². The van der Waals surface area contributed by atoms with Crippen LogP contribution < -0.4 is 5.32 Å². The summed E-state index contributed by atoms with van der Waals surface area (Å²) in [5.41, 5.74) is 3.07. The fourth-order valence-electron chi connectivity index (χ4n) is 2.80. The maximum absolute atomic E-state index is 13.0. The summed E-state index contributed by atoms with van der Waals surface area (Å²) in [7, 11) is 0. The molecule has 0 radical (unpaired) electrons. The number of carbonyl (C=O) groups excluding carboxylic acids is 2. The Balaban J connectivity index is 2.06. The monoisotopic (exact) mass is 402 g/mol. The number of hydrogen-bond donors (Lipinski definition) is 1. The predicted molar refractivity (Wildman–Crippen MR) is 112 cm³/mol. The van der Waals surface area contributed by atoms with Gasteiger partial charge in [-0.1, -0.05) is 36.4 Å². The van der Waals surface area contributed by atoms with Crippen molar-refractivity contribution in [2.75, 3.05) is 12.3 Å². The average molecular weight is 403 g/mol. The average Bonchev–Trinajstić information content (AvgIpc) is 2.68. The van der Waals surface area contributed by atoms with Gasteiger partial charge >= 0.3 is 0 Å². The van der Waals surface area contributed by atoms with Gasteiger partial charge in [-0.25, -0.2) is 4.39 Å². The van der Waals surface area contributed by atoms with Crippen molar-refractivity contribution >= 4 is 23.6 Å². The molecule has 2 aromatic carbocycles. The highest BCUT2D eigenvalue weighted by Crippen LogP contribution is 2.17. The molecule has 0 bridgehead atoms. The Morgan fingerprint density at radius 2 is 1.82 bits per heavy atom. The maximum Gasteiger partial charge on any atom is 0.242 e. The van der Waals surface area contributed by atoms with Crippen molar-refractivity contribution in [2.24, 2.45) is 0 Å². The van der Waals surface area contributed by atoms with Gasteiger partial charge in [0.1, 0.15) is 11.9 Å². The number of benzene rings is 2. The minimum Gasteiger partial charge on any atom is -0.355 e. The van der Waals surface area contributed by atoms with Crippen LogP contribution in [0.25, 0.3) is 0 Å². The summed E-state index contributed by atoms with van der Waals surface area (Å²) in [4.78, 5) is 26.9. The van der Waals surface area contributed by atoms with E-state index in [0.717, 1.165) is 16.7 Å². The summed E-state index contributed by atoms with van der Waals surface area (Å²) in [5, 5.41) is 2.79. The summed E-state index contributed by atoms with van der Waals surface area (Å²) in [6.45, 7) is 6.52. The SMILES string of the molecule is CCNC(=O)C(C)N(Cc1ccccc1C)C(=O)CSCc1ccc(F)cc1. The van der Waals surface area contributed by atoms with Crippen molar-refractivity contribution in [1.82, 2.24) is 10.2 Å². The van der Waals surface area contributed by atoms with Gasteiger partial charge < -0.3 is 10.2 Å². The molecule has 0 aliphatic carbocycles. The Kier molecular flexibility index (Phi) is 8.51. The molecule has 2 amide bonds. The summed E-state index contributed by atoms with van der Waals surface area (Å²) in [5.74, 6) is 0.347. The number of halogens is 1. The van der Waals surface area contributed by atoms with Crippen LogP contribution in [0.4, 0.5) is 4.39 Å². The molecule has 0 spiro atoms. The number of amides is 2. The highest BCUT2D eigenvalue weighted by Gasteiger charge is 2.26. The number of nitrogens with zero attached hydrogens (tertiary/aromatic N) is 1. The third-order valence-corrected chi connectivity index (χ3v) is 5.52. The molecule has 0 aliphatic heterocycles. The van der Waals surface area contributed by atoms with Crippen molar-refractivity contribution in [1.29, 1.82) is 0 Å². The molecule has 28 heavy (non-hydrogen) atoms. The van der Waals surface area contributed by atoms with Gasteiger partial charge in [-0.15, -0.1) is 11.8 Å². The van der Waals surface area contributed by atoms with Crippen LogP contribution in [0.1, 0.15) is 30.5 Å². The van der Waals surface area contributed by atoms with Gasteiger partial charge in [0.2, 0.25) is 11.8 Å². The largest absolute Gasteiger partial charge is 0.355 e. The van der Waals surface area contributed by atoms with E-state index < -0.39 is 6.04 Å². The zero-order valence-electron chi connectivity index (χ0n) is 16.6. The molecule has 2 aromatic rings. The predicted octanol–water partition coefficient (Wildman–Crippen LogP) is 3.92. The summed E-state index contributed by atoms with van der Waals surface area (Å²) >= 11 is 1.46. The first-order valence-electron chi connectivity index (χ1n) is 9.36. The Morgan fingerprint density at radius 1 is 1.14 bits per heavy atom. The maximum atomic E-state index is 13.0. The van der Waals surface area contributed by atoms with E-state index in [1.165, 1.54) is 23.9 Å². The molecule has 0 heterocycles. The number of aryl methyl sites for hydroxylation is 1. The van der Waals surface area contributed by atoms with E-state index >= 15 is 0 Å². The quantitative estimate of drug-likeness (QED) is 0.692. The van der Waals surface area contributed by atoms with Crippen molar-refractivity contribution in [3.8, 4) is 0 Å². The van der Waals surface area contributed by atoms with Crippen LogP contribution in [0.5, 0.6) is 0 Å². The molecule has 4 nitrogen and oxygen atoms in total. The minimum absolute atomic E-state index is 0.0888. The van der Waals surface area contributed by atoms with Crippen molar-refractivity contribution < 1.29 is 14.0 Å². The lowest BCUT2D eigenvalue weighted by Crippen LogP contribution is -2.48. The van der Waals surface area contributed by atoms with E-state index in [-0.39, 0.29) is 23.4 Å². The molecule has 0 aliphatic rings. The Labute approximate surface area is 170 Å². The number of nitrogens with one attached hydrogen (secondary N) is 1. The number of hydrogen-bond acceptors (Lipinski definition) is 3. The van der Waals surface area contributed by atoms with Crippen molar-refractivity contribution in [3.05, 3.63) is 71.0 Å². The normalized spacial score (nSPS) is 11.7. The van der Waals surface area contributed by atoms with E-state index in [1.807, 2.05) is 38.1 Å². The zero-order chi connectivity index (χ0) is 20.5. The molecular formula is C22H27FN2O2S. The first-order chi connectivity index (χ1) is 13.4. The smallest absolute Gasteiger partial charge is 0.242 e. The molecule has 0 fully saturated rings. The van der Waals surface area contributed by atoms with Crippen LogP contribution >= 0.6 is 11.8 Å². The molecule has 0 saturated heterocycles. The molecule has 2 rings (SSSR count). The first kappa shape index (κ1) is 22.0. The highest BCUT2D eigenvalue weighted by atomic mass is 32.2. The van der Waals surface area contributed by atoms with E-state index in [2.05, 4.69) is 5.32 Å². The van der Waals surface area contributed by atoms with Crippen LogP contribution in [0, 0.1) is 12.7 Å². The lowest BCUT2D eigenvalue weighted by molar-refractivity contribution is -0.138. The molecule has 1 atom stereocenters. The fourth-order valence-corrected chi connectivity index (χ4v) is 3.67. The topological polar surface area (TPSA) is 49.4 Å². The molecule has 1 unspecified atom stereocenters. The highest BCUT2D eigenvalue weighted by molar-refractivity contribution is 7.99. The number of rotatable bonds is 9. The second-order valence-electron chi connectivity index (χ2n) is 6.64. The number of likely N-dealkylation sites (N-methyl/N-ethyl adjacent to an activating group) is 1. The zero-order valence-corrected chi connectivity index (χ0v) is 17.4. The van der Waals surface area contributed by atoms with Gasteiger partial charge in [0.25, 0.3) is 0 Å². The molecule has 0 saturated carbocycles. The van der Waals surface area contributed by atoms with Gasteiger partial charge in [0, 0.05) is 18.8 Å². The molecule has 1 N–H and O–H groups in total. The van der Waals surface area contributed by atoms with E-state index in [1.54, 1.807) is 24.0 Å². The van der Waals surface area contributed by atoms with Gasteiger partial charge in [0.15, 0.2) is 0 Å². The molecule has 0 aromatic heterocycles. The van der Waals surface area contributed by atoms with E-state index in [0.29, 0.717) is 18.8 Å². The second kappa shape index (κ2) is 10.9. The van der Waals surface area contributed by atoms with Crippen molar-refractivity contribution in [2.45, 2.75) is 39.1 Å². The van der Waals surface area contributed by atoms with Gasteiger partial charge in [-0.05, 0) is 49.6 Å². The summed E-state index contributed by atoms with van der Waals surface area (Å²) in [6, 6.07) is 13.6. The van der Waals surface area contributed by atoms with Gasteiger partial charge in [-0.2, -0.15) is 0 Å². The van der Waals surface area contributed by atoms with Gasteiger partial charge in [-0.3, -0.25) is 9.59 Å². The molecular weight excluding hydrogens is 375 g/mol. The standard InChI is InChI=1S/C22H27FN2O2S/c1-4-24-22(27)17(3)25(13-19-8-6-5-7-16(19)2)21(26)15-28-14-18-9-11-20(23)12-10-18/h5-12,17H,4,13-15H2,1-3H3,(H,24,27).